The Bertz CT molecular complexity index is 463. The lowest BCUT2D eigenvalue weighted by molar-refractivity contribution is -0.128. The van der Waals surface area contributed by atoms with Crippen LogP contribution >= 0.6 is 22.6 Å². The average molecular weight is 362 g/mol. The largest absolute Gasteiger partial charge is 0.507 e. The Morgan fingerprint density at radius 1 is 1.44 bits per heavy atom. The second-order valence-electron chi connectivity index (χ2n) is 3.75. The Kier molecular flexibility index (Phi) is 5.39. The lowest BCUT2D eigenvalue weighted by atomic mass is 10.2. The van der Waals surface area contributed by atoms with E-state index in [0.29, 0.717) is 6.54 Å². The number of hydrogen-bond acceptors (Lipinski definition) is 3. The van der Waals surface area contributed by atoms with Crippen LogP contribution in [-0.2, 0) is 4.79 Å². The van der Waals surface area contributed by atoms with Gasteiger partial charge in [-0.2, -0.15) is 0 Å². The van der Waals surface area contributed by atoms with Crippen molar-refractivity contribution >= 4 is 34.4 Å². The molecule has 0 fully saturated rings. The molecule has 0 aromatic heterocycles. The molecule has 0 bridgehead atoms. The molecule has 0 heterocycles. The van der Waals surface area contributed by atoms with E-state index in [0.717, 1.165) is 3.57 Å². The second-order valence-corrected chi connectivity index (χ2v) is 5.00. The molecular formula is C12H15IN2O3. The van der Waals surface area contributed by atoms with Gasteiger partial charge in [0.25, 0.3) is 5.91 Å². The van der Waals surface area contributed by atoms with Crippen LogP contribution in [0.2, 0.25) is 0 Å². The van der Waals surface area contributed by atoms with Crippen molar-refractivity contribution in [3.63, 3.8) is 0 Å². The van der Waals surface area contributed by atoms with Gasteiger partial charge in [0.1, 0.15) is 5.75 Å². The van der Waals surface area contributed by atoms with Gasteiger partial charge in [0.15, 0.2) is 0 Å². The summed E-state index contributed by atoms with van der Waals surface area (Å²) in [6, 6.07) is 4.72. The van der Waals surface area contributed by atoms with Crippen molar-refractivity contribution in [2.24, 2.45) is 0 Å². The Balaban J connectivity index is 2.66. The number of phenols is 1. The van der Waals surface area contributed by atoms with Crippen LogP contribution in [0.3, 0.4) is 0 Å². The van der Waals surface area contributed by atoms with Crippen molar-refractivity contribution in [3.8, 4) is 5.75 Å². The molecule has 6 heteroatoms. The number of likely N-dealkylation sites (N-methyl/N-ethyl adjacent to an activating group) is 1. The highest BCUT2D eigenvalue weighted by atomic mass is 127. The van der Waals surface area contributed by atoms with Crippen LogP contribution in [-0.4, -0.2) is 42.0 Å². The van der Waals surface area contributed by atoms with Gasteiger partial charge in [0, 0.05) is 17.2 Å². The van der Waals surface area contributed by atoms with Crippen molar-refractivity contribution in [1.82, 2.24) is 10.2 Å². The van der Waals surface area contributed by atoms with Crippen LogP contribution in [0.25, 0.3) is 0 Å². The predicted molar refractivity (Wildman–Crippen MR) is 76.5 cm³/mol. The van der Waals surface area contributed by atoms with Crippen molar-refractivity contribution in [1.29, 1.82) is 0 Å². The lowest BCUT2D eigenvalue weighted by Crippen LogP contribution is -2.38. The molecule has 0 radical (unpaired) electrons. The molecule has 0 aliphatic rings. The molecular weight excluding hydrogens is 347 g/mol. The third-order valence-corrected chi connectivity index (χ3v) is 3.17. The number of aromatic hydroxyl groups is 1. The van der Waals surface area contributed by atoms with E-state index >= 15 is 0 Å². The molecule has 18 heavy (non-hydrogen) atoms. The minimum absolute atomic E-state index is 0.0753. The zero-order valence-electron chi connectivity index (χ0n) is 10.2. The fourth-order valence-electron chi connectivity index (χ4n) is 1.25. The molecule has 0 unspecified atom stereocenters. The van der Waals surface area contributed by atoms with E-state index in [1.807, 2.05) is 29.5 Å². The number of carbonyl (C=O) groups excluding carboxylic acids is 2. The Morgan fingerprint density at radius 3 is 2.72 bits per heavy atom. The van der Waals surface area contributed by atoms with Crippen LogP contribution in [0.15, 0.2) is 18.2 Å². The first-order valence-corrected chi connectivity index (χ1v) is 6.54. The molecule has 2 N–H and O–H groups in total. The molecule has 1 aromatic rings. The maximum atomic E-state index is 11.8. The molecule has 2 amide bonds. The van der Waals surface area contributed by atoms with Crippen molar-refractivity contribution < 1.29 is 14.7 Å². The van der Waals surface area contributed by atoms with E-state index in [-0.39, 0.29) is 23.8 Å². The van der Waals surface area contributed by atoms with Gasteiger partial charge in [0.05, 0.1) is 12.1 Å². The fraction of sp³-hybridized carbons (Fsp3) is 0.333. The SMILES string of the molecule is CCN(C)C(=O)CNC(=O)c1cc(I)ccc1O. The Labute approximate surface area is 119 Å². The van der Waals surface area contributed by atoms with E-state index in [4.69, 9.17) is 0 Å². The van der Waals surface area contributed by atoms with Gasteiger partial charge in [-0.1, -0.05) is 0 Å². The minimum Gasteiger partial charge on any atom is -0.507 e. The van der Waals surface area contributed by atoms with E-state index in [1.165, 1.54) is 11.0 Å². The minimum atomic E-state index is -0.455. The van der Waals surface area contributed by atoms with E-state index < -0.39 is 5.91 Å². The maximum Gasteiger partial charge on any atom is 0.255 e. The van der Waals surface area contributed by atoms with E-state index in [1.54, 1.807) is 19.2 Å². The smallest absolute Gasteiger partial charge is 0.255 e. The quantitative estimate of drug-likeness (QED) is 0.791. The van der Waals surface area contributed by atoms with Crippen molar-refractivity contribution in [2.75, 3.05) is 20.1 Å². The third-order valence-electron chi connectivity index (χ3n) is 2.50. The number of benzene rings is 1. The summed E-state index contributed by atoms with van der Waals surface area (Å²) in [6.45, 7) is 2.36. The zero-order chi connectivity index (χ0) is 13.7. The topological polar surface area (TPSA) is 69.6 Å². The normalized spacial score (nSPS) is 9.94. The molecule has 0 aliphatic heterocycles. The Morgan fingerprint density at radius 2 is 2.11 bits per heavy atom. The summed E-state index contributed by atoms with van der Waals surface area (Å²) in [5.74, 6) is -0.718. The molecule has 0 atom stereocenters. The lowest BCUT2D eigenvalue weighted by Gasteiger charge is -2.14. The number of nitrogens with zero attached hydrogens (tertiary/aromatic N) is 1. The number of hydrogen-bond donors (Lipinski definition) is 2. The van der Waals surface area contributed by atoms with Crippen LogP contribution in [0.1, 0.15) is 17.3 Å². The molecule has 1 aromatic carbocycles. The summed E-state index contributed by atoms with van der Waals surface area (Å²) in [4.78, 5) is 24.8. The number of rotatable bonds is 4. The van der Waals surface area contributed by atoms with Crippen LogP contribution < -0.4 is 5.32 Å². The number of carbonyl (C=O) groups is 2. The number of amides is 2. The third kappa shape index (κ3) is 3.86. The van der Waals surface area contributed by atoms with Gasteiger partial charge < -0.3 is 15.3 Å². The van der Waals surface area contributed by atoms with Crippen molar-refractivity contribution in [2.45, 2.75) is 6.92 Å². The molecule has 0 aliphatic carbocycles. The zero-order valence-corrected chi connectivity index (χ0v) is 12.4. The fourth-order valence-corrected chi connectivity index (χ4v) is 1.74. The molecule has 1 rings (SSSR count). The van der Waals surface area contributed by atoms with Gasteiger partial charge in [-0.25, -0.2) is 0 Å². The summed E-state index contributed by atoms with van der Waals surface area (Å²) < 4.78 is 0.840. The highest BCUT2D eigenvalue weighted by molar-refractivity contribution is 14.1. The highest BCUT2D eigenvalue weighted by Crippen LogP contribution is 2.19. The molecule has 0 spiro atoms. The van der Waals surface area contributed by atoms with E-state index in [2.05, 4.69) is 5.32 Å². The van der Waals surface area contributed by atoms with Gasteiger partial charge in [-0.15, -0.1) is 0 Å². The van der Waals surface area contributed by atoms with Gasteiger partial charge >= 0.3 is 0 Å². The summed E-state index contributed by atoms with van der Waals surface area (Å²) in [7, 11) is 1.66. The van der Waals surface area contributed by atoms with Crippen LogP contribution in [0, 0.1) is 3.57 Å². The molecule has 0 saturated heterocycles. The Hall–Kier alpha value is -1.31. The highest BCUT2D eigenvalue weighted by Gasteiger charge is 2.13. The van der Waals surface area contributed by atoms with Crippen molar-refractivity contribution in [3.05, 3.63) is 27.3 Å². The van der Waals surface area contributed by atoms with E-state index in [9.17, 15) is 14.7 Å². The molecule has 98 valence electrons. The average Bonchev–Trinajstić information content (AvgIpc) is 2.37. The molecule has 5 nitrogen and oxygen atoms in total. The maximum absolute atomic E-state index is 11.8. The predicted octanol–water partition coefficient (Wildman–Crippen LogP) is 1.20. The summed E-state index contributed by atoms with van der Waals surface area (Å²) in [6.07, 6.45) is 0. The van der Waals surface area contributed by atoms with Crippen LogP contribution in [0.4, 0.5) is 0 Å². The molecule has 0 saturated carbocycles. The number of nitrogens with one attached hydrogen (secondary N) is 1. The summed E-state index contributed by atoms with van der Waals surface area (Å²) >= 11 is 2.05. The summed E-state index contributed by atoms with van der Waals surface area (Å²) in [5, 5.41) is 12.1. The number of phenolic OH excluding ortho intramolecular Hbond substituents is 1. The number of halogens is 1. The van der Waals surface area contributed by atoms with Crippen LogP contribution in [0.5, 0.6) is 5.75 Å². The standard InChI is InChI=1S/C12H15IN2O3/c1-3-15(2)11(17)7-14-12(18)9-6-8(13)4-5-10(9)16/h4-6,16H,3,7H2,1-2H3,(H,14,18). The van der Waals surface area contributed by atoms with Gasteiger partial charge in [-0.3, -0.25) is 9.59 Å². The second kappa shape index (κ2) is 6.58. The first-order valence-electron chi connectivity index (χ1n) is 5.46. The van der Waals surface area contributed by atoms with Gasteiger partial charge in [-0.05, 0) is 47.7 Å². The first-order chi connectivity index (χ1) is 8.45. The summed E-state index contributed by atoms with van der Waals surface area (Å²) in [5.41, 5.74) is 0.175. The monoisotopic (exact) mass is 362 g/mol. The first kappa shape index (κ1) is 14.7. The van der Waals surface area contributed by atoms with Gasteiger partial charge in [0.2, 0.25) is 5.91 Å².